The first-order valence-corrected chi connectivity index (χ1v) is 8.01. The Labute approximate surface area is 129 Å². The Morgan fingerprint density at radius 1 is 1.33 bits per heavy atom. The summed E-state index contributed by atoms with van der Waals surface area (Å²) < 4.78 is 5.08. The van der Waals surface area contributed by atoms with Crippen LogP contribution in [0.15, 0.2) is 24.3 Å². The van der Waals surface area contributed by atoms with Crippen LogP contribution in [0.3, 0.4) is 0 Å². The van der Waals surface area contributed by atoms with Crippen LogP contribution in [0.5, 0.6) is 5.75 Å². The number of hydrogen-bond donors (Lipinski definition) is 1. The minimum absolute atomic E-state index is 0.0230. The second-order valence-electron chi connectivity index (χ2n) is 5.20. The van der Waals surface area contributed by atoms with Crippen molar-refractivity contribution in [3.8, 4) is 5.75 Å². The van der Waals surface area contributed by atoms with Crippen LogP contribution < -0.4 is 10.1 Å². The van der Waals surface area contributed by atoms with Gasteiger partial charge in [0.25, 0.3) is 0 Å². The number of hydrogen-bond acceptors (Lipinski definition) is 4. The number of benzene rings is 1. The number of anilines is 1. The van der Waals surface area contributed by atoms with Crippen LogP contribution in [0, 0.1) is 5.92 Å². The molecule has 0 aliphatic carbocycles. The van der Waals surface area contributed by atoms with Crippen molar-refractivity contribution in [2.45, 2.75) is 19.9 Å². The molecule has 114 valence electrons. The summed E-state index contributed by atoms with van der Waals surface area (Å²) in [4.78, 5) is 26.1. The average molecular weight is 308 g/mol. The lowest BCUT2D eigenvalue weighted by molar-refractivity contribution is -0.138. The molecular formula is C15H20N2O3S. The van der Waals surface area contributed by atoms with Gasteiger partial charge in [0.2, 0.25) is 11.8 Å². The third-order valence-electron chi connectivity index (χ3n) is 3.32. The number of carbonyl (C=O) groups excluding carboxylic acids is 2. The molecule has 1 heterocycles. The second-order valence-corrected chi connectivity index (χ2v) is 6.20. The highest BCUT2D eigenvalue weighted by Gasteiger charge is 2.35. The molecule has 1 aromatic carbocycles. The predicted molar refractivity (Wildman–Crippen MR) is 84.4 cm³/mol. The number of nitrogens with one attached hydrogen (secondary N) is 1. The molecular weight excluding hydrogens is 288 g/mol. The average Bonchev–Trinajstić information content (AvgIpc) is 2.96. The van der Waals surface area contributed by atoms with Crippen LogP contribution in [0.1, 0.15) is 13.8 Å². The molecule has 1 aliphatic rings. The third kappa shape index (κ3) is 3.69. The zero-order valence-corrected chi connectivity index (χ0v) is 13.3. The summed E-state index contributed by atoms with van der Waals surface area (Å²) in [5.41, 5.74) is 0.703. The van der Waals surface area contributed by atoms with Crippen molar-refractivity contribution in [3.05, 3.63) is 24.3 Å². The Balaban J connectivity index is 2.03. The minimum Gasteiger partial charge on any atom is -0.497 e. The smallest absolute Gasteiger partial charge is 0.248 e. The molecule has 5 nitrogen and oxygen atoms in total. The molecule has 1 atom stereocenters. The highest BCUT2D eigenvalue weighted by molar-refractivity contribution is 7.99. The van der Waals surface area contributed by atoms with E-state index in [0.717, 1.165) is 5.75 Å². The summed E-state index contributed by atoms with van der Waals surface area (Å²) in [7, 11) is 1.60. The minimum atomic E-state index is -0.396. The van der Waals surface area contributed by atoms with Gasteiger partial charge in [0.1, 0.15) is 11.8 Å². The SMILES string of the molecule is COc1ccc(NC(=O)[C@@H]2CSCN2C(=O)C(C)C)cc1. The van der Waals surface area contributed by atoms with E-state index in [1.807, 2.05) is 13.8 Å². The van der Waals surface area contributed by atoms with Crippen LogP contribution in [0.4, 0.5) is 5.69 Å². The van der Waals surface area contributed by atoms with Gasteiger partial charge in [-0.25, -0.2) is 0 Å². The quantitative estimate of drug-likeness (QED) is 0.926. The van der Waals surface area contributed by atoms with Gasteiger partial charge in [-0.2, -0.15) is 0 Å². The van der Waals surface area contributed by atoms with Gasteiger partial charge >= 0.3 is 0 Å². The topological polar surface area (TPSA) is 58.6 Å². The predicted octanol–water partition coefficient (Wildman–Crippen LogP) is 2.19. The lowest BCUT2D eigenvalue weighted by atomic mass is 10.1. The molecule has 2 rings (SSSR count). The van der Waals surface area contributed by atoms with E-state index in [2.05, 4.69) is 5.32 Å². The van der Waals surface area contributed by atoms with E-state index in [4.69, 9.17) is 4.74 Å². The molecule has 0 radical (unpaired) electrons. The zero-order chi connectivity index (χ0) is 15.4. The fourth-order valence-electron chi connectivity index (χ4n) is 2.11. The van der Waals surface area contributed by atoms with Gasteiger partial charge in [-0.05, 0) is 24.3 Å². The van der Waals surface area contributed by atoms with Crippen molar-refractivity contribution in [2.24, 2.45) is 5.92 Å². The summed E-state index contributed by atoms with van der Waals surface area (Å²) in [5.74, 6) is 1.74. The van der Waals surface area contributed by atoms with E-state index in [1.54, 1.807) is 48.0 Å². The van der Waals surface area contributed by atoms with E-state index >= 15 is 0 Å². The van der Waals surface area contributed by atoms with Gasteiger partial charge < -0.3 is 15.0 Å². The van der Waals surface area contributed by atoms with E-state index in [1.165, 1.54) is 0 Å². The van der Waals surface area contributed by atoms with Gasteiger partial charge in [0.05, 0.1) is 13.0 Å². The first-order valence-electron chi connectivity index (χ1n) is 6.86. The molecule has 21 heavy (non-hydrogen) atoms. The Kier molecular flexibility index (Phi) is 5.12. The Morgan fingerprint density at radius 2 is 2.00 bits per heavy atom. The normalized spacial score (nSPS) is 17.9. The standard InChI is InChI=1S/C15H20N2O3S/c1-10(2)15(19)17-9-21-8-13(17)14(18)16-11-4-6-12(20-3)7-5-11/h4-7,10,13H,8-9H2,1-3H3,(H,16,18)/t13-/m0/s1. The maximum atomic E-state index is 12.4. The number of ether oxygens (including phenoxy) is 1. The fourth-order valence-corrected chi connectivity index (χ4v) is 3.27. The maximum absolute atomic E-state index is 12.4. The molecule has 0 saturated carbocycles. The van der Waals surface area contributed by atoms with Gasteiger partial charge in [-0.3, -0.25) is 9.59 Å². The number of methoxy groups -OCH3 is 1. The van der Waals surface area contributed by atoms with Crippen LogP contribution in [0.2, 0.25) is 0 Å². The lowest BCUT2D eigenvalue weighted by Crippen LogP contribution is -2.46. The van der Waals surface area contributed by atoms with E-state index in [-0.39, 0.29) is 17.7 Å². The molecule has 1 N–H and O–H groups in total. The van der Waals surface area contributed by atoms with E-state index in [0.29, 0.717) is 17.3 Å². The summed E-state index contributed by atoms with van der Waals surface area (Å²) in [6, 6.07) is 6.75. The second kappa shape index (κ2) is 6.85. The number of thioether (sulfide) groups is 1. The summed E-state index contributed by atoms with van der Waals surface area (Å²) >= 11 is 1.61. The van der Waals surface area contributed by atoms with Gasteiger partial charge in [-0.15, -0.1) is 11.8 Å². The monoisotopic (exact) mass is 308 g/mol. The molecule has 6 heteroatoms. The number of rotatable bonds is 4. The molecule has 1 aliphatic heterocycles. The molecule has 0 aromatic heterocycles. The van der Waals surface area contributed by atoms with Crippen LogP contribution in [0.25, 0.3) is 0 Å². The van der Waals surface area contributed by atoms with Gasteiger partial charge in [0.15, 0.2) is 0 Å². The summed E-state index contributed by atoms with van der Waals surface area (Å²) in [6.07, 6.45) is 0. The van der Waals surface area contributed by atoms with Crippen LogP contribution >= 0.6 is 11.8 Å². The van der Waals surface area contributed by atoms with Gasteiger partial charge in [0, 0.05) is 17.4 Å². The number of carbonyl (C=O) groups is 2. The number of amides is 2. The lowest BCUT2D eigenvalue weighted by Gasteiger charge is -2.24. The molecule has 0 unspecified atom stereocenters. The Hall–Kier alpha value is -1.69. The van der Waals surface area contributed by atoms with Crippen LogP contribution in [-0.4, -0.2) is 41.5 Å². The number of nitrogens with zero attached hydrogens (tertiary/aromatic N) is 1. The van der Waals surface area contributed by atoms with Gasteiger partial charge in [-0.1, -0.05) is 13.8 Å². The Bertz CT molecular complexity index is 516. The summed E-state index contributed by atoms with van der Waals surface area (Å²) in [5, 5.41) is 2.86. The van der Waals surface area contributed by atoms with Crippen molar-refractivity contribution in [2.75, 3.05) is 24.1 Å². The molecule has 2 amide bonds. The van der Waals surface area contributed by atoms with E-state index < -0.39 is 6.04 Å². The molecule has 0 spiro atoms. The largest absolute Gasteiger partial charge is 0.497 e. The fraction of sp³-hybridized carbons (Fsp3) is 0.467. The van der Waals surface area contributed by atoms with E-state index in [9.17, 15) is 9.59 Å². The van der Waals surface area contributed by atoms with Crippen LogP contribution in [-0.2, 0) is 9.59 Å². The first-order chi connectivity index (χ1) is 10.0. The first kappa shape index (κ1) is 15.7. The highest BCUT2D eigenvalue weighted by atomic mass is 32.2. The molecule has 1 aromatic rings. The van der Waals surface area contributed by atoms with Crippen molar-refractivity contribution in [1.82, 2.24) is 4.90 Å². The van der Waals surface area contributed by atoms with Crippen molar-refractivity contribution in [1.29, 1.82) is 0 Å². The zero-order valence-electron chi connectivity index (χ0n) is 12.5. The van der Waals surface area contributed by atoms with Crippen molar-refractivity contribution in [3.63, 3.8) is 0 Å². The molecule has 1 saturated heterocycles. The Morgan fingerprint density at radius 3 is 2.57 bits per heavy atom. The molecule has 0 bridgehead atoms. The third-order valence-corrected chi connectivity index (χ3v) is 4.33. The van der Waals surface area contributed by atoms with Crippen molar-refractivity contribution < 1.29 is 14.3 Å². The summed E-state index contributed by atoms with van der Waals surface area (Å²) in [6.45, 7) is 3.70. The maximum Gasteiger partial charge on any atom is 0.248 e. The molecule has 1 fully saturated rings. The van der Waals surface area contributed by atoms with Crippen molar-refractivity contribution >= 4 is 29.3 Å². The highest BCUT2D eigenvalue weighted by Crippen LogP contribution is 2.24.